The van der Waals surface area contributed by atoms with Crippen LogP contribution >= 0.6 is 0 Å². The zero-order valence-electron chi connectivity index (χ0n) is 18.9. The molecule has 2 aliphatic heterocycles. The Hall–Kier alpha value is -4.65. The van der Waals surface area contributed by atoms with Gasteiger partial charge in [0.2, 0.25) is 13.6 Å². The Balaban J connectivity index is 0.000000204. The predicted molar refractivity (Wildman–Crippen MR) is 124 cm³/mol. The number of nitrogens with two attached hydrogens (primary N) is 1. The van der Waals surface area contributed by atoms with Crippen LogP contribution in [0, 0.1) is 12.8 Å². The zero-order valence-corrected chi connectivity index (χ0v) is 18.9. The first-order chi connectivity index (χ1) is 16.4. The second-order valence-electron chi connectivity index (χ2n) is 6.42. The van der Waals surface area contributed by atoms with Crippen molar-refractivity contribution in [1.29, 1.82) is 0 Å². The molecule has 5 rings (SSSR count). The van der Waals surface area contributed by atoms with E-state index in [2.05, 4.69) is 27.3 Å². The number of carbonyl (C=O) groups excluding carboxylic acids is 2. The van der Waals surface area contributed by atoms with Crippen LogP contribution in [0.4, 0.5) is 5.69 Å². The van der Waals surface area contributed by atoms with E-state index in [1.165, 1.54) is 27.3 Å². The molecule has 2 N–H and O–H groups in total. The van der Waals surface area contributed by atoms with Gasteiger partial charge < -0.3 is 34.2 Å². The highest BCUT2D eigenvalue weighted by Crippen LogP contribution is 2.35. The molecule has 10 heteroatoms. The Morgan fingerprint density at radius 3 is 2.03 bits per heavy atom. The van der Waals surface area contributed by atoms with Gasteiger partial charge in [0.25, 0.3) is 0 Å². The summed E-state index contributed by atoms with van der Waals surface area (Å²) in [5.74, 6) is 2.20. The maximum Gasteiger partial charge on any atom is 0.339 e. The fraction of sp³-hybridized carbons (Fsp3) is 0.208. The van der Waals surface area contributed by atoms with Gasteiger partial charge in [-0.15, -0.1) is 12.8 Å². The zero-order chi connectivity index (χ0) is 25.1. The lowest BCUT2D eigenvalue weighted by Gasteiger charge is -2.02. The first-order valence-corrected chi connectivity index (χ1v) is 9.72. The number of aromatic nitrogens is 1. The van der Waals surface area contributed by atoms with E-state index in [1.807, 2.05) is 0 Å². The van der Waals surface area contributed by atoms with Gasteiger partial charge in [0.05, 0.1) is 25.3 Å². The molecule has 0 radical (unpaired) electrons. The first-order valence-electron chi connectivity index (χ1n) is 9.72. The van der Waals surface area contributed by atoms with Crippen molar-refractivity contribution in [3.63, 3.8) is 0 Å². The minimum absolute atomic E-state index is 0.218. The summed E-state index contributed by atoms with van der Waals surface area (Å²) in [4.78, 5) is 25.2. The van der Waals surface area contributed by atoms with Gasteiger partial charge in [0.15, 0.2) is 23.0 Å². The van der Waals surface area contributed by atoms with E-state index < -0.39 is 5.97 Å². The molecule has 0 amide bonds. The van der Waals surface area contributed by atoms with Gasteiger partial charge in [0, 0.05) is 36.3 Å². The number of benzene rings is 2. The van der Waals surface area contributed by atoms with Crippen molar-refractivity contribution in [3.05, 3.63) is 48.2 Å². The van der Waals surface area contributed by atoms with Crippen molar-refractivity contribution >= 4 is 28.5 Å². The minimum atomic E-state index is -0.405. The number of esters is 2. The van der Waals surface area contributed by atoms with E-state index in [0.717, 1.165) is 22.4 Å². The smallest absolute Gasteiger partial charge is 0.339 e. The summed E-state index contributed by atoms with van der Waals surface area (Å²) in [6.45, 7) is 1.88. The summed E-state index contributed by atoms with van der Waals surface area (Å²) in [6, 6.07) is 10.7. The van der Waals surface area contributed by atoms with Crippen molar-refractivity contribution in [2.24, 2.45) is 0 Å². The van der Waals surface area contributed by atoms with Crippen molar-refractivity contribution in [2.45, 2.75) is 6.92 Å². The quantitative estimate of drug-likeness (QED) is 0.323. The number of carbonyl (C=O) groups is 2. The van der Waals surface area contributed by atoms with Crippen LogP contribution in [0.3, 0.4) is 0 Å². The molecule has 3 aromatic rings. The summed E-state index contributed by atoms with van der Waals surface area (Å²) in [6.07, 6.45) is 9.48. The number of nitrogen functional groups attached to an aromatic ring is 1. The molecule has 2 aromatic carbocycles. The topological polar surface area (TPSA) is 128 Å². The normalized spacial score (nSPS) is 11.4. The summed E-state index contributed by atoms with van der Waals surface area (Å²) in [5, 5.41) is 0.817. The van der Waals surface area contributed by atoms with Crippen LogP contribution in [0.2, 0.25) is 0 Å². The number of hydrogen-bond acceptors (Lipinski definition) is 10. The van der Waals surface area contributed by atoms with Crippen molar-refractivity contribution in [2.75, 3.05) is 33.5 Å². The van der Waals surface area contributed by atoms with Crippen LogP contribution in [0.5, 0.6) is 23.0 Å². The molecule has 0 spiro atoms. The molecule has 0 saturated heterocycles. The fourth-order valence-electron chi connectivity index (χ4n) is 2.66. The monoisotopic (exact) mass is 468 g/mol. The Morgan fingerprint density at radius 2 is 1.44 bits per heavy atom. The Morgan fingerprint density at radius 1 is 0.882 bits per heavy atom. The highest BCUT2D eigenvalue weighted by atomic mass is 16.7. The molecule has 178 valence electrons. The highest BCUT2D eigenvalue weighted by Gasteiger charge is 2.16. The van der Waals surface area contributed by atoms with Gasteiger partial charge >= 0.3 is 11.9 Å². The lowest BCUT2D eigenvalue weighted by Crippen LogP contribution is -2.01. The van der Waals surface area contributed by atoms with Gasteiger partial charge in [-0.1, -0.05) is 0 Å². The van der Waals surface area contributed by atoms with Gasteiger partial charge in [0.1, 0.15) is 0 Å². The number of methoxy groups -OCH3 is 2. The van der Waals surface area contributed by atoms with Crippen LogP contribution in [-0.4, -0.2) is 44.7 Å². The number of ether oxygens (including phenoxy) is 6. The fourth-order valence-corrected chi connectivity index (χ4v) is 2.66. The van der Waals surface area contributed by atoms with E-state index >= 15 is 0 Å². The Bertz CT molecular complexity index is 1180. The number of anilines is 1. The maximum absolute atomic E-state index is 11.4. The van der Waals surface area contributed by atoms with Crippen LogP contribution in [-0.2, 0) is 14.3 Å². The van der Waals surface area contributed by atoms with E-state index in [9.17, 15) is 9.59 Å². The van der Waals surface area contributed by atoms with Crippen LogP contribution in [0.1, 0.15) is 17.3 Å². The summed E-state index contributed by atoms with van der Waals surface area (Å²) >= 11 is 0. The third-order valence-electron chi connectivity index (χ3n) is 4.28. The minimum Gasteiger partial charge on any atom is -0.469 e. The third-order valence-corrected chi connectivity index (χ3v) is 4.28. The Labute approximate surface area is 196 Å². The molecule has 3 heterocycles. The van der Waals surface area contributed by atoms with E-state index in [4.69, 9.17) is 24.7 Å². The first kappa shape index (κ1) is 25.6. The van der Waals surface area contributed by atoms with Crippen LogP contribution < -0.4 is 24.7 Å². The predicted octanol–water partition coefficient (Wildman–Crippen LogP) is 3.18. The standard InChI is InChI=1S/C12H9NO4.C7H7NO2.C3H6O2.C2H2/c1-15-12(14)8-2-7-3-10-11(17-6-16-10)4-9(7)13-5-8;8-5-1-2-6-7(3-5)10-4-9-6;1-3(4)5-2;1-2/h2-5H,6H2,1H3;1-3H,4,8H2;1-2H3;1-2H. The molecule has 10 nitrogen and oxygen atoms in total. The van der Waals surface area contributed by atoms with Crippen molar-refractivity contribution in [3.8, 4) is 35.8 Å². The molecule has 0 bridgehead atoms. The molecule has 1 aromatic heterocycles. The van der Waals surface area contributed by atoms with Gasteiger partial charge in [-0.05, 0) is 24.3 Å². The number of fused-ring (bicyclic) bond motifs is 3. The number of terminal acetylenes is 1. The van der Waals surface area contributed by atoms with Crippen molar-refractivity contribution < 1.29 is 38.0 Å². The van der Waals surface area contributed by atoms with Gasteiger partial charge in [-0.2, -0.15) is 0 Å². The molecule has 2 aliphatic rings. The molecule has 0 saturated carbocycles. The maximum atomic E-state index is 11.4. The largest absolute Gasteiger partial charge is 0.469 e. The van der Waals surface area contributed by atoms with Gasteiger partial charge in [-0.25, -0.2) is 4.79 Å². The summed E-state index contributed by atoms with van der Waals surface area (Å²) in [5.41, 5.74) is 7.36. The lowest BCUT2D eigenvalue weighted by atomic mass is 10.1. The van der Waals surface area contributed by atoms with Gasteiger partial charge in [-0.3, -0.25) is 9.78 Å². The molecule has 0 aliphatic carbocycles. The van der Waals surface area contributed by atoms with E-state index in [0.29, 0.717) is 29.5 Å². The van der Waals surface area contributed by atoms with Crippen LogP contribution in [0.25, 0.3) is 10.9 Å². The lowest BCUT2D eigenvalue weighted by molar-refractivity contribution is -0.137. The second kappa shape index (κ2) is 12.4. The SMILES string of the molecule is C#C.COC(=O)c1cnc2cc3c(cc2c1)OCO3.COC(C)=O.Nc1ccc2c(c1)OCO2. The second-order valence-corrected chi connectivity index (χ2v) is 6.42. The number of hydrogen-bond donors (Lipinski definition) is 1. The summed E-state index contributed by atoms with van der Waals surface area (Å²) < 4.78 is 29.4. The number of rotatable bonds is 1. The molecule has 0 atom stereocenters. The Kier molecular flexibility index (Phi) is 9.34. The van der Waals surface area contributed by atoms with E-state index in [1.54, 1.807) is 36.4 Å². The molecular formula is C24H24N2O8. The summed E-state index contributed by atoms with van der Waals surface area (Å²) in [7, 11) is 2.69. The van der Waals surface area contributed by atoms with Crippen LogP contribution in [0.15, 0.2) is 42.6 Å². The molecular weight excluding hydrogens is 444 g/mol. The third kappa shape index (κ3) is 6.67. The van der Waals surface area contributed by atoms with Crippen molar-refractivity contribution in [1.82, 2.24) is 4.98 Å². The number of nitrogens with zero attached hydrogens (tertiary/aromatic N) is 1. The average molecular weight is 468 g/mol. The molecule has 0 fully saturated rings. The number of pyridine rings is 1. The highest BCUT2D eigenvalue weighted by molar-refractivity contribution is 5.94. The van der Waals surface area contributed by atoms with E-state index in [-0.39, 0.29) is 12.8 Å². The average Bonchev–Trinajstić information content (AvgIpc) is 3.52. The molecule has 0 unspecified atom stereocenters. The molecule has 34 heavy (non-hydrogen) atoms.